The number of rotatable bonds is 4. The molecule has 11 heteroatoms. The van der Waals surface area contributed by atoms with Gasteiger partial charge in [-0.1, -0.05) is 45.1 Å². The maximum atomic E-state index is 12.9. The summed E-state index contributed by atoms with van der Waals surface area (Å²) in [6.45, 7) is 9.30. The number of carbonyl (C=O) groups excluding carboxylic acids is 2. The summed E-state index contributed by atoms with van der Waals surface area (Å²) in [5.74, 6) is -1.43. The average molecular weight is 792 g/mol. The molecule has 0 saturated carbocycles. The van der Waals surface area contributed by atoms with Crippen molar-refractivity contribution in [3.63, 3.8) is 0 Å². The van der Waals surface area contributed by atoms with E-state index in [-0.39, 0.29) is 79.5 Å². The molecule has 1 aliphatic heterocycles. The Hall–Kier alpha value is -2.25. The Bertz CT molecular complexity index is 1140. The van der Waals surface area contributed by atoms with Gasteiger partial charge < -0.3 is 40.2 Å². The molecule has 2 bridgehead atoms. The van der Waals surface area contributed by atoms with Gasteiger partial charge in [0.05, 0.1) is 24.0 Å². The summed E-state index contributed by atoms with van der Waals surface area (Å²) in [6, 6.07) is 2.71. The molecular weight excluding hydrogens is 747 g/mol. The predicted octanol–water partition coefficient (Wildman–Crippen LogP) is 4.98. The zero-order chi connectivity index (χ0) is 30.1. The molecule has 2 rings (SSSR count). The summed E-state index contributed by atoms with van der Waals surface area (Å²) in [4.78, 5) is 24.6. The zero-order valence-electron chi connectivity index (χ0n) is 25.2. The van der Waals surface area contributed by atoms with Crippen LogP contribution in [-0.4, -0.2) is 61.9 Å². The van der Waals surface area contributed by atoms with Crippen molar-refractivity contribution >= 4 is 17.7 Å². The second-order valence-electron chi connectivity index (χ2n) is 10.5. The van der Waals surface area contributed by atoms with Gasteiger partial charge in [-0.15, -0.1) is 0 Å². The number of primary amides is 1. The van der Waals surface area contributed by atoms with Crippen LogP contribution < -0.4 is 11.1 Å². The number of phenols is 2. The number of methoxy groups -OCH3 is 3. The number of aromatic hydroxyl groups is 2. The molecule has 41 heavy (non-hydrogen) atoms. The third kappa shape index (κ3) is 9.92. The largest absolute Gasteiger partial charge is 0.508 e. The number of fused-ring (bicyclic) bond motifs is 2. The fourth-order valence-electron chi connectivity index (χ4n) is 5.30. The quantitative estimate of drug-likeness (QED) is 0.190. The summed E-state index contributed by atoms with van der Waals surface area (Å²) < 4.78 is 23.0. The molecule has 0 aliphatic carbocycles. The van der Waals surface area contributed by atoms with Gasteiger partial charge in [-0.2, -0.15) is 0 Å². The Morgan fingerprint density at radius 1 is 1.00 bits per heavy atom. The van der Waals surface area contributed by atoms with Gasteiger partial charge in [0.25, 0.3) is 5.91 Å². The van der Waals surface area contributed by atoms with Crippen molar-refractivity contribution in [2.45, 2.75) is 65.5 Å². The van der Waals surface area contributed by atoms with E-state index in [2.05, 4.69) is 5.32 Å². The van der Waals surface area contributed by atoms with Gasteiger partial charge in [0.1, 0.15) is 17.6 Å². The van der Waals surface area contributed by atoms with Crippen molar-refractivity contribution in [1.82, 2.24) is 0 Å². The molecule has 7 unspecified atom stereocenters. The molecule has 1 aromatic rings. The van der Waals surface area contributed by atoms with Gasteiger partial charge in [0.15, 0.2) is 0 Å². The molecule has 0 spiro atoms. The molecule has 0 saturated heterocycles. The van der Waals surface area contributed by atoms with Gasteiger partial charge in [0.2, 0.25) is 0 Å². The summed E-state index contributed by atoms with van der Waals surface area (Å²) in [5, 5.41) is 24.2. The van der Waals surface area contributed by atoms with Crippen LogP contribution in [0.15, 0.2) is 47.6 Å². The number of nitrogens with two attached hydrogens (primary N) is 1. The van der Waals surface area contributed by atoms with Crippen LogP contribution in [0.2, 0.25) is 0 Å². The molecule has 5 N–H and O–H groups in total. The zero-order valence-corrected chi connectivity index (χ0v) is 30.0. The number of hydrogen-bond donors (Lipinski definition) is 4. The number of nitrogens with one attached hydrogen (secondary N) is 1. The number of ether oxygens (including phenoxy) is 4. The SMILES string of the molecule is COC1CC(C)C(OC)c2cc(O)cc(c2O)NC(=O)/C(C)=C/C=C\C(C)C(OC(N)=O)/C(C)=C/C(C)C1OC.[Pa]. The van der Waals surface area contributed by atoms with E-state index in [0.29, 0.717) is 17.6 Å². The van der Waals surface area contributed by atoms with Crippen LogP contribution in [0.25, 0.3) is 0 Å². The Morgan fingerprint density at radius 3 is 2.22 bits per heavy atom. The van der Waals surface area contributed by atoms with Crippen molar-refractivity contribution in [3.8, 4) is 11.5 Å². The van der Waals surface area contributed by atoms with E-state index < -0.39 is 24.2 Å². The van der Waals surface area contributed by atoms with E-state index in [4.69, 9.17) is 24.7 Å². The molecule has 1 aromatic carbocycles. The molecule has 10 nitrogen and oxygen atoms in total. The van der Waals surface area contributed by atoms with Crippen LogP contribution in [0.4, 0.5) is 10.5 Å². The van der Waals surface area contributed by atoms with E-state index in [9.17, 15) is 19.8 Å². The first kappa shape index (κ1) is 36.8. The Balaban J connectivity index is 0.00000840. The minimum absolute atomic E-state index is 0. The monoisotopic (exact) mass is 791 g/mol. The van der Waals surface area contributed by atoms with Crippen LogP contribution in [0.5, 0.6) is 11.5 Å². The van der Waals surface area contributed by atoms with Crippen LogP contribution in [0.1, 0.15) is 52.7 Å². The molecule has 1 radical (unpaired) electrons. The third-order valence-corrected chi connectivity index (χ3v) is 7.33. The summed E-state index contributed by atoms with van der Waals surface area (Å²) in [6.07, 6.45) is 4.64. The smallest absolute Gasteiger partial charge is 0.405 e. The number of anilines is 1. The number of hydrogen-bond acceptors (Lipinski definition) is 8. The maximum absolute atomic E-state index is 12.9. The van der Waals surface area contributed by atoms with E-state index in [0.717, 1.165) is 5.57 Å². The second kappa shape index (κ2) is 17.0. The fraction of sp³-hybridized carbons (Fsp3) is 0.533. The second-order valence-corrected chi connectivity index (χ2v) is 10.5. The van der Waals surface area contributed by atoms with Crippen LogP contribution in [0, 0.1) is 50.1 Å². The van der Waals surface area contributed by atoms with E-state index in [1.54, 1.807) is 39.4 Å². The first-order valence-electron chi connectivity index (χ1n) is 13.3. The Labute approximate surface area is 267 Å². The number of carbonyl (C=O) groups is 2. The molecule has 0 aromatic heterocycles. The van der Waals surface area contributed by atoms with E-state index in [1.807, 2.05) is 33.8 Å². The first-order chi connectivity index (χ1) is 18.8. The van der Waals surface area contributed by atoms with Gasteiger partial charge in [0, 0.05) is 82.7 Å². The number of amides is 2. The molecule has 7 atom stereocenters. The third-order valence-electron chi connectivity index (χ3n) is 7.33. The normalized spacial score (nSPS) is 31.4. The summed E-state index contributed by atoms with van der Waals surface area (Å²) in [7, 11) is 4.73. The van der Waals surface area contributed by atoms with Gasteiger partial charge >= 0.3 is 6.09 Å². The number of phenolic OH excluding ortho intramolecular Hbond substituents is 2. The molecular formula is C30H44N2O8Pa. The first-order valence-corrected chi connectivity index (χ1v) is 13.3. The molecule has 0 fully saturated rings. The summed E-state index contributed by atoms with van der Waals surface area (Å²) >= 11 is 0. The molecule has 2 amide bonds. The van der Waals surface area contributed by atoms with Crippen LogP contribution in [0.3, 0.4) is 0 Å². The minimum atomic E-state index is -0.891. The van der Waals surface area contributed by atoms with Crippen molar-refractivity contribution in [2.75, 3.05) is 26.6 Å². The van der Waals surface area contributed by atoms with Crippen molar-refractivity contribution < 1.29 is 71.1 Å². The molecule has 1 heterocycles. The van der Waals surface area contributed by atoms with E-state index in [1.165, 1.54) is 19.2 Å². The predicted molar refractivity (Wildman–Crippen MR) is 153 cm³/mol. The van der Waals surface area contributed by atoms with Gasteiger partial charge in [-0.05, 0) is 37.8 Å². The van der Waals surface area contributed by atoms with Crippen LogP contribution in [-0.2, 0) is 23.7 Å². The Morgan fingerprint density at radius 2 is 1.66 bits per heavy atom. The summed E-state index contributed by atoms with van der Waals surface area (Å²) in [5.41, 5.74) is 6.91. The minimum Gasteiger partial charge on any atom is -0.508 e. The van der Waals surface area contributed by atoms with Crippen LogP contribution >= 0.6 is 0 Å². The standard InChI is InChI=1S/C30H44N2O8.Pa/c1-16-10-9-11-17(2)29(35)32-23-15-21(33)14-22(25(23)34)27(38-7)20(5)13-24(37-6)28(39-8)19(4)12-18(3)26(16)40-30(31)36;/h9-12,14-16,19-20,24,26-28,33-34H,13H2,1-8H3,(H2,31,36)(H,32,35);/b10-9-,17-11+,18-12+;. The average Bonchev–Trinajstić information content (AvgIpc) is 2.88. The van der Waals surface area contributed by atoms with E-state index >= 15 is 0 Å². The Kier molecular flexibility index (Phi) is 15.3. The number of benzene rings is 1. The molecule has 225 valence electrons. The van der Waals surface area contributed by atoms with Crippen molar-refractivity contribution in [1.29, 1.82) is 0 Å². The molecule has 1 aliphatic rings. The van der Waals surface area contributed by atoms with Gasteiger partial charge in [-0.25, -0.2) is 4.79 Å². The van der Waals surface area contributed by atoms with Crippen molar-refractivity contribution in [3.05, 3.63) is 53.1 Å². The van der Waals surface area contributed by atoms with Crippen molar-refractivity contribution in [2.24, 2.45) is 23.5 Å². The van der Waals surface area contributed by atoms with Gasteiger partial charge in [-0.3, -0.25) is 4.79 Å². The number of allylic oxidation sites excluding steroid dienone is 2. The maximum Gasteiger partial charge on any atom is 0.405 e. The topological polar surface area (TPSA) is 150 Å². The fourth-order valence-corrected chi connectivity index (χ4v) is 5.30.